The first-order valence-electron chi connectivity index (χ1n) is 11.0. The summed E-state index contributed by atoms with van der Waals surface area (Å²) in [5, 5.41) is 5.18. The smallest absolute Gasteiger partial charge is 0.221 e. The van der Waals surface area contributed by atoms with E-state index in [9.17, 15) is 4.79 Å². The molecule has 0 saturated heterocycles. The molecule has 158 valence electrons. The summed E-state index contributed by atoms with van der Waals surface area (Å²) in [5.41, 5.74) is 2.30. The molecule has 6 heteroatoms. The Kier molecular flexibility index (Phi) is 7.39. The standard InChI is InChI=1S/C24H29N3OS2/c1-17(28)27-19-13-10-11-15-21(19)30-24-22-18-12-8-6-4-2-3-5-7-9-14-20(18)29-23(22)25-16-26-24/h10-11,13,15-16H,2-9,12,14H2,1H3,(H,27,28). The Balaban J connectivity index is 1.70. The van der Waals surface area contributed by atoms with Crippen molar-refractivity contribution in [1.29, 1.82) is 0 Å². The van der Waals surface area contributed by atoms with Crippen molar-refractivity contribution in [3.63, 3.8) is 0 Å². The van der Waals surface area contributed by atoms with Gasteiger partial charge in [-0.3, -0.25) is 4.79 Å². The highest BCUT2D eigenvalue weighted by Crippen LogP contribution is 2.41. The molecule has 0 atom stereocenters. The maximum Gasteiger partial charge on any atom is 0.221 e. The zero-order valence-corrected chi connectivity index (χ0v) is 19.2. The first-order valence-corrected chi connectivity index (χ1v) is 12.7. The first-order chi connectivity index (χ1) is 14.7. The molecule has 1 amide bonds. The molecule has 4 rings (SSSR count). The van der Waals surface area contributed by atoms with Gasteiger partial charge >= 0.3 is 0 Å². The van der Waals surface area contributed by atoms with Crippen LogP contribution in [0.2, 0.25) is 0 Å². The maximum atomic E-state index is 11.6. The summed E-state index contributed by atoms with van der Waals surface area (Å²) < 4.78 is 0. The number of carbonyl (C=O) groups excluding carboxylic acids is 1. The molecule has 3 aromatic rings. The van der Waals surface area contributed by atoms with Gasteiger partial charge in [0.05, 0.1) is 5.69 Å². The van der Waals surface area contributed by atoms with E-state index in [0.29, 0.717) is 0 Å². The number of hydrogen-bond donors (Lipinski definition) is 1. The second kappa shape index (κ2) is 10.4. The molecular weight excluding hydrogens is 410 g/mol. The van der Waals surface area contributed by atoms with Crippen molar-refractivity contribution in [2.24, 2.45) is 0 Å². The number of aryl methyl sites for hydroxylation is 2. The lowest BCUT2D eigenvalue weighted by Gasteiger charge is -2.11. The summed E-state index contributed by atoms with van der Waals surface area (Å²) in [5.74, 6) is -0.0594. The summed E-state index contributed by atoms with van der Waals surface area (Å²) in [6, 6.07) is 7.94. The van der Waals surface area contributed by atoms with E-state index in [0.717, 1.165) is 33.3 Å². The highest BCUT2D eigenvalue weighted by molar-refractivity contribution is 7.99. The summed E-state index contributed by atoms with van der Waals surface area (Å²) in [7, 11) is 0. The van der Waals surface area contributed by atoms with Gasteiger partial charge in [0.25, 0.3) is 0 Å². The van der Waals surface area contributed by atoms with Crippen molar-refractivity contribution < 1.29 is 4.79 Å². The zero-order chi connectivity index (χ0) is 20.8. The molecule has 0 fully saturated rings. The van der Waals surface area contributed by atoms with E-state index < -0.39 is 0 Å². The number of hydrogen-bond acceptors (Lipinski definition) is 5. The molecule has 2 aromatic heterocycles. The van der Waals surface area contributed by atoms with Crippen LogP contribution < -0.4 is 5.32 Å². The quantitative estimate of drug-likeness (QED) is 0.446. The van der Waals surface area contributed by atoms with Gasteiger partial charge in [0.2, 0.25) is 5.91 Å². The van der Waals surface area contributed by atoms with Gasteiger partial charge in [-0.25, -0.2) is 9.97 Å². The average Bonchev–Trinajstić information content (AvgIpc) is 3.07. The molecule has 2 heterocycles. The first kappa shape index (κ1) is 21.3. The second-order valence-electron chi connectivity index (χ2n) is 7.97. The lowest BCUT2D eigenvalue weighted by atomic mass is 9.99. The number of nitrogens with zero attached hydrogens (tertiary/aromatic N) is 2. The van der Waals surface area contributed by atoms with Gasteiger partial charge < -0.3 is 5.32 Å². The Morgan fingerprint density at radius 1 is 0.967 bits per heavy atom. The number of nitrogens with one attached hydrogen (secondary N) is 1. The number of anilines is 1. The monoisotopic (exact) mass is 439 g/mol. The Morgan fingerprint density at radius 3 is 2.43 bits per heavy atom. The number of amides is 1. The highest BCUT2D eigenvalue weighted by atomic mass is 32.2. The highest BCUT2D eigenvalue weighted by Gasteiger charge is 2.19. The number of para-hydroxylation sites is 1. The average molecular weight is 440 g/mol. The summed E-state index contributed by atoms with van der Waals surface area (Å²) >= 11 is 3.49. The minimum atomic E-state index is -0.0594. The van der Waals surface area contributed by atoms with E-state index in [2.05, 4.69) is 15.3 Å². The van der Waals surface area contributed by atoms with Crippen LogP contribution in [0, 0.1) is 0 Å². The molecule has 0 unspecified atom stereocenters. The van der Waals surface area contributed by atoms with Gasteiger partial charge in [-0.05, 0) is 43.4 Å². The fourth-order valence-corrected chi connectivity index (χ4v) is 6.45. The van der Waals surface area contributed by atoms with E-state index in [-0.39, 0.29) is 5.91 Å². The predicted molar refractivity (Wildman–Crippen MR) is 127 cm³/mol. The Hall–Kier alpha value is -1.92. The zero-order valence-electron chi connectivity index (χ0n) is 17.6. The van der Waals surface area contributed by atoms with Crippen molar-refractivity contribution in [3.8, 4) is 0 Å². The predicted octanol–water partition coefficient (Wildman–Crippen LogP) is 7.02. The topological polar surface area (TPSA) is 54.9 Å². The molecule has 1 aromatic carbocycles. The fourth-order valence-electron chi connectivity index (χ4n) is 4.15. The third-order valence-corrected chi connectivity index (χ3v) is 7.90. The van der Waals surface area contributed by atoms with Crippen LogP contribution in [0.5, 0.6) is 0 Å². The molecule has 0 spiro atoms. The second-order valence-corrected chi connectivity index (χ2v) is 10.1. The Labute approximate surface area is 186 Å². The summed E-state index contributed by atoms with van der Waals surface area (Å²) in [6.45, 7) is 1.54. The molecule has 0 radical (unpaired) electrons. The van der Waals surface area contributed by atoms with Gasteiger partial charge in [-0.2, -0.15) is 0 Å². The summed E-state index contributed by atoms with van der Waals surface area (Å²) in [4.78, 5) is 24.5. The molecule has 1 N–H and O–H groups in total. The molecule has 1 aliphatic carbocycles. The van der Waals surface area contributed by atoms with Crippen molar-refractivity contribution in [3.05, 3.63) is 41.0 Å². The van der Waals surface area contributed by atoms with Crippen LogP contribution >= 0.6 is 23.1 Å². The van der Waals surface area contributed by atoms with Crippen molar-refractivity contribution in [2.45, 2.75) is 81.1 Å². The SMILES string of the molecule is CC(=O)Nc1ccccc1Sc1ncnc2sc3c(c12)CCCCCCCCCC3. The van der Waals surface area contributed by atoms with Gasteiger partial charge in [-0.1, -0.05) is 62.4 Å². The van der Waals surface area contributed by atoms with Gasteiger partial charge in [0, 0.05) is 22.1 Å². The molecule has 1 aliphatic rings. The molecule has 30 heavy (non-hydrogen) atoms. The van der Waals surface area contributed by atoms with Gasteiger partial charge in [0.15, 0.2) is 0 Å². The molecule has 4 nitrogen and oxygen atoms in total. The van der Waals surface area contributed by atoms with Crippen LogP contribution in [-0.4, -0.2) is 15.9 Å². The Morgan fingerprint density at radius 2 is 1.67 bits per heavy atom. The number of thiophene rings is 1. The minimum Gasteiger partial charge on any atom is -0.325 e. The third kappa shape index (κ3) is 5.22. The fraction of sp³-hybridized carbons (Fsp3) is 0.458. The largest absolute Gasteiger partial charge is 0.325 e. The number of benzene rings is 1. The Bertz CT molecular complexity index is 1010. The third-order valence-electron chi connectivity index (χ3n) is 5.62. The van der Waals surface area contributed by atoms with E-state index >= 15 is 0 Å². The van der Waals surface area contributed by atoms with Crippen LogP contribution in [0.4, 0.5) is 5.69 Å². The van der Waals surface area contributed by atoms with Crippen LogP contribution in [0.3, 0.4) is 0 Å². The molecule has 0 aliphatic heterocycles. The van der Waals surface area contributed by atoms with Crippen LogP contribution in [0.25, 0.3) is 10.2 Å². The maximum absolute atomic E-state index is 11.6. The molecular formula is C24H29N3OS2. The lowest BCUT2D eigenvalue weighted by Crippen LogP contribution is -2.06. The van der Waals surface area contributed by atoms with Crippen LogP contribution in [-0.2, 0) is 17.6 Å². The minimum absolute atomic E-state index is 0.0594. The van der Waals surface area contributed by atoms with Gasteiger partial charge in [-0.15, -0.1) is 11.3 Å². The summed E-state index contributed by atoms with van der Waals surface area (Å²) in [6.07, 6.45) is 14.6. The van der Waals surface area contributed by atoms with Crippen molar-refractivity contribution in [1.82, 2.24) is 9.97 Å². The van der Waals surface area contributed by atoms with E-state index in [1.54, 1.807) is 25.0 Å². The van der Waals surface area contributed by atoms with Crippen molar-refractivity contribution in [2.75, 3.05) is 5.32 Å². The molecule has 0 bridgehead atoms. The number of fused-ring (bicyclic) bond motifs is 3. The van der Waals surface area contributed by atoms with E-state index in [1.165, 1.54) is 67.2 Å². The van der Waals surface area contributed by atoms with Crippen LogP contribution in [0.1, 0.15) is 68.7 Å². The van der Waals surface area contributed by atoms with E-state index in [1.807, 2.05) is 35.6 Å². The van der Waals surface area contributed by atoms with Crippen LogP contribution in [0.15, 0.2) is 40.5 Å². The lowest BCUT2D eigenvalue weighted by molar-refractivity contribution is -0.114. The van der Waals surface area contributed by atoms with E-state index in [4.69, 9.17) is 0 Å². The normalized spacial score (nSPS) is 15.8. The number of rotatable bonds is 3. The molecule has 0 saturated carbocycles. The van der Waals surface area contributed by atoms with Gasteiger partial charge in [0.1, 0.15) is 16.2 Å². The number of carbonyl (C=O) groups is 1. The van der Waals surface area contributed by atoms with Crippen molar-refractivity contribution >= 4 is 44.9 Å². The number of aromatic nitrogens is 2.